The van der Waals surface area contributed by atoms with Crippen LogP contribution in [0.3, 0.4) is 0 Å². The Morgan fingerprint density at radius 2 is 1.76 bits per heavy atom. The zero-order valence-corrected chi connectivity index (χ0v) is 29.9. The van der Waals surface area contributed by atoms with Crippen molar-refractivity contribution in [3.63, 3.8) is 0 Å². The molecule has 1 atom stereocenters. The van der Waals surface area contributed by atoms with Gasteiger partial charge in [-0.3, -0.25) is 0 Å². The molecule has 14 heteroatoms. The van der Waals surface area contributed by atoms with E-state index in [1.54, 1.807) is 12.3 Å². The Morgan fingerprint density at radius 3 is 2.49 bits per heavy atom. The number of benzene rings is 2. The second kappa shape index (κ2) is 15.5. The van der Waals surface area contributed by atoms with Crippen molar-refractivity contribution in [2.24, 2.45) is 5.92 Å². The van der Waals surface area contributed by atoms with Gasteiger partial charge in [-0.2, -0.15) is 4.98 Å². The molecular formula is C37H42N6O7S. The first-order valence-corrected chi connectivity index (χ1v) is 18.4. The molecule has 1 saturated heterocycles. The highest BCUT2D eigenvalue weighted by Gasteiger charge is 2.23. The molecule has 2 aromatic carbocycles. The quantitative estimate of drug-likeness (QED) is 0.118. The second-order valence-corrected chi connectivity index (χ2v) is 14.8. The number of fused-ring (bicyclic) bond motifs is 1. The maximum Gasteiger partial charge on any atom is 0.335 e. The fraction of sp³-hybridized carbons (Fsp3) is 0.378. The van der Waals surface area contributed by atoms with Crippen LogP contribution in [0.5, 0.6) is 5.88 Å². The summed E-state index contributed by atoms with van der Waals surface area (Å²) in [4.78, 5) is 29.6. The lowest BCUT2D eigenvalue weighted by molar-refractivity contribution is 0.0579. The fourth-order valence-corrected chi connectivity index (χ4v) is 7.13. The molecule has 268 valence electrons. The summed E-state index contributed by atoms with van der Waals surface area (Å²) in [5.41, 5.74) is 5.00. The van der Waals surface area contributed by atoms with E-state index in [1.165, 1.54) is 18.2 Å². The molecule has 1 unspecified atom stereocenters. The van der Waals surface area contributed by atoms with Gasteiger partial charge in [0.25, 0.3) is 10.0 Å². The van der Waals surface area contributed by atoms with Crippen molar-refractivity contribution in [1.29, 1.82) is 0 Å². The van der Waals surface area contributed by atoms with Crippen LogP contribution < -0.4 is 14.8 Å². The summed E-state index contributed by atoms with van der Waals surface area (Å²) in [7, 11) is -4.25. The molecule has 4 heterocycles. The first-order chi connectivity index (χ1) is 24.4. The Morgan fingerprint density at radius 1 is 1.02 bits per heavy atom. The highest BCUT2D eigenvalue weighted by Crippen LogP contribution is 2.30. The van der Waals surface area contributed by atoms with Crippen molar-refractivity contribution >= 4 is 33.2 Å². The van der Waals surface area contributed by atoms with E-state index in [9.17, 15) is 18.3 Å². The van der Waals surface area contributed by atoms with E-state index in [4.69, 9.17) is 18.9 Å². The van der Waals surface area contributed by atoms with Crippen LogP contribution in [-0.4, -0.2) is 65.3 Å². The molecule has 3 N–H and O–H groups in total. The summed E-state index contributed by atoms with van der Waals surface area (Å²) < 4.78 is 47.1. The maximum absolute atomic E-state index is 13.4. The number of hydrogen-bond donors (Lipinski definition) is 3. The number of carboxylic acids is 1. The number of aromatic nitrogens is 4. The third-order valence-corrected chi connectivity index (χ3v) is 10.2. The van der Waals surface area contributed by atoms with Gasteiger partial charge in [-0.15, -0.1) is 0 Å². The van der Waals surface area contributed by atoms with Crippen LogP contribution in [-0.2, 0) is 21.3 Å². The highest BCUT2D eigenvalue weighted by molar-refractivity contribution is 7.92. The van der Waals surface area contributed by atoms with Crippen LogP contribution in [0.15, 0.2) is 70.1 Å². The van der Waals surface area contributed by atoms with E-state index in [0.717, 1.165) is 53.5 Å². The molecule has 3 aromatic heterocycles. The van der Waals surface area contributed by atoms with Gasteiger partial charge in [0.15, 0.2) is 0 Å². The van der Waals surface area contributed by atoms with Crippen LogP contribution in [0.2, 0.25) is 0 Å². The molecular weight excluding hydrogens is 673 g/mol. The monoisotopic (exact) mass is 714 g/mol. The van der Waals surface area contributed by atoms with Gasteiger partial charge in [-0.05, 0) is 68.4 Å². The Bertz CT molecular complexity index is 2110. The number of nitrogens with zero attached hydrogens (tertiary/aromatic N) is 4. The third kappa shape index (κ3) is 8.88. The van der Waals surface area contributed by atoms with E-state index < -0.39 is 16.0 Å². The second-order valence-electron chi connectivity index (χ2n) is 13.2. The predicted octanol–water partition coefficient (Wildman–Crippen LogP) is 6.27. The van der Waals surface area contributed by atoms with Crippen LogP contribution in [0.25, 0.3) is 22.5 Å². The van der Waals surface area contributed by atoms with Crippen molar-refractivity contribution in [2.75, 3.05) is 24.5 Å². The van der Waals surface area contributed by atoms with Gasteiger partial charge in [-0.1, -0.05) is 38.1 Å². The van der Waals surface area contributed by atoms with Crippen molar-refractivity contribution in [2.45, 2.75) is 70.4 Å². The van der Waals surface area contributed by atoms with Crippen molar-refractivity contribution in [1.82, 2.24) is 25.3 Å². The van der Waals surface area contributed by atoms with Crippen molar-refractivity contribution in [3.8, 4) is 17.1 Å². The number of furan rings is 1. The molecule has 1 aliphatic heterocycles. The zero-order valence-electron chi connectivity index (χ0n) is 29.0. The van der Waals surface area contributed by atoms with Crippen molar-refractivity contribution in [3.05, 3.63) is 88.9 Å². The Balaban J connectivity index is 1.27. The Labute approximate surface area is 296 Å². The standard InChI is InChI=1S/C37H42N6O7S/c1-22(2)32-17-31-35(50-32)39-20-28(40-31)19-38-27(15-25-11-13-48-14-12-25)21-49-33-18-30(34-23(3)7-5-8-24(34)4)41-37(42-33)43-51(46,47)29-10-6-9-26(16-29)36(44)45/h5-10,16-18,20,22,25,27,38H,11-15,19,21H2,1-4H3,(H,44,45)(H,41,42,43). The number of nitrogens with one attached hydrogen (secondary N) is 2. The van der Waals surface area contributed by atoms with Crippen LogP contribution >= 0.6 is 0 Å². The number of rotatable bonds is 14. The van der Waals surface area contributed by atoms with Gasteiger partial charge in [0.05, 0.1) is 28.0 Å². The van der Waals surface area contributed by atoms with Crippen molar-refractivity contribution < 1.29 is 32.2 Å². The molecule has 0 amide bonds. The lowest BCUT2D eigenvalue weighted by Crippen LogP contribution is -2.37. The minimum Gasteiger partial charge on any atom is -0.478 e. The largest absolute Gasteiger partial charge is 0.478 e. The minimum absolute atomic E-state index is 0.112. The topological polar surface area (TPSA) is 179 Å². The predicted molar refractivity (Wildman–Crippen MR) is 191 cm³/mol. The minimum atomic E-state index is -4.25. The van der Waals surface area contributed by atoms with E-state index >= 15 is 0 Å². The number of ether oxygens (including phenoxy) is 2. The molecule has 6 rings (SSSR count). The summed E-state index contributed by atoms with van der Waals surface area (Å²) in [5, 5.41) is 13.0. The fourth-order valence-electron chi connectivity index (χ4n) is 6.15. The van der Waals surface area contributed by atoms with Crippen LogP contribution in [0.4, 0.5) is 5.95 Å². The van der Waals surface area contributed by atoms with E-state index in [-0.39, 0.29) is 40.9 Å². The van der Waals surface area contributed by atoms with Crippen LogP contribution in [0, 0.1) is 19.8 Å². The zero-order chi connectivity index (χ0) is 36.1. The lowest BCUT2D eigenvalue weighted by Gasteiger charge is -2.27. The molecule has 13 nitrogen and oxygen atoms in total. The summed E-state index contributed by atoms with van der Waals surface area (Å²) in [6.45, 7) is 10.1. The number of aryl methyl sites for hydroxylation is 2. The molecule has 5 aromatic rings. The lowest BCUT2D eigenvalue weighted by atomic mass is 9.92. The van der Waals surface area contributed by atoms with Gasteiger partial charge >= 0.3 is 5.97 Å². The van der Waals surface area contributed by atoms with Crippen LogP contribution in [0.1, 0.15) is 72.0 Å². The number of hydrogen-bond acceptors (Lipinski definition) is 11. The number of aromatic carboxylic acids is 1. The number of carbonyl (C=O) groups is 1. The Kier molecular flexibility index (Phi) is 10.9. The van der Waals surface area contributed by atoms with Gasteiger partial charge in [0, 0.05) is 49.4 Å². The number of carboxylic acid groups (broad SMARTS) is 1. The van der Waals surface area contributed by atoms with Gasteiger partial charge < -0.3 is 24.3 Å². The van der Waals surface area contributed by atoms with Gasteiger partial charge in [0.1, 0.15) is 17.9 Å². The average Bonchev–Trinajstić information content (AvgIpc) is 3.54. The summed E-state index contributed by atoms with van der Waals surface area (Å²) in [6.07, 6.45) is 4.41. The average molecular weight is 715 g/mol. The third-order valence-electron chi connectivity index (χ3n) is 8.90. The van der Waals surface area contributed by atoms with E-state index in [0.29, 0.717) is 42.6 Å². The molecule has 51 heavy (non-hydrogen) atoms. The smallest absolute Gasteiger partial charge is 0.335 e. The first kappa shape index (κ1) is 35.9. The SMILES string of the molecule is Cc1cccc(C)c1-c1cc(OCC(CC2CCOCC2)NCc2cnc3oc(C(C)C)cc3n2)nc(NS(=O)(=O)c2cccc(C(=O)O)c2)n1. The normalized spacial score (nSPS) is 14.5. The number of sulfonamides is 1. The summed E-state index contributed by atoms with van der Waals surface area (Å²) in [5.74, 6) is 0.217. The van der Waals surface area contributed by atoms with Gasteiger partial charge in [0.2, 0.25) is 17.5 Å². The summed E-state index contributed by atoms with van der Waals surface area (Å²) in [6, 6.07) is 14.4. The summed E-state index contributed by atoms with van der Waals surface area (Å²) >= 11 is 0. The van der Waals surface area contributed by atoms with E-state index in [1.807, 2.05) is 38.1 Å². The molecule has 1 fully saturated rings. The first-order valence-electron chi connectivity index (χ1n) is 17.0. The highest BCUT2D eigenvalue weighted by atomic mass is 32.2. The molecule has 0 spiro atoms. The van der Waals surface area contributed by atoms with Gasteiger partial charge in [-0.25, -0.2) is 32.9 Å². The van der Waals surface area contributed by atoms with E-state index in [2.05, 4.69) is 38.8 Å². The Hall–Kier alpha value is -4.92. The molecule has 1 aliphatic rings. The number of anilines is 1. The molecule has 0 radical (unpaired) electrons. The molecule has 0 aliphatic carbocycles. The molecule has 0 saturated carbocycles. The molecule has 0 bridgehead atoms. The maximum atomic E-state index is 13.4.